The van der Waals surface area contributed by atoms with Crippen molar-refractivity contribution in [1.82, 2.24) is 30.1 Å². The minimum atomic E-state index is -0.351. The van der Waals surface area contributed by atoms with Crippen molar-refractivity contribution in [3.63, 3.8) is 0 Å². The fourth-order valence-corrected chi connectivity index (χ4v) is 3.15. The van der Waals surface area contributed by atoms with Crippen LogP contribution in [0.25, 0.3) is 44.7 Å². The summed E-state index contributed by atoms with van der Waals surface area (Å²) in [6.45, 7) is 1.93. The molecule has 0 fully saturated rings. The van der Waals surface area contributed by atoms with E-state index in [1.165, 1.54) is 0 Å². The molecular weight excluding hydrogens is 331 g/mol. The Labute approximate surface area is 147 Å². The van der Waals surface area contributed by atoms with Crippen molar-refractivity contribution < 1.29 is 4.39 Å². The highest BCUT2D eigenvalue weighted by Gasteiger charge is 2.19. The number of fused-ring (bicyclic) bond motifs is 2. The molecule has 0 bridgehead atoms. The third-order valence-corrected chi connectivity index (χ3v) is 4.48. The second kappa shape index (κ2) is 5.45. The van der Waals surface area contributed by atoms with E-state index in [-0.39, 0.29) is 5.82 Å². The minimum absolute atomic E-state index is 0.351. The van der Waals surface area contributed by atoms with E-state index in [0.29, 0.717) is 39.1 Å². The monoisotopic (exact) mass is 344 g/mol. The Morgan fingerprint density at radius 3 is 2.81 bits per heavy atom. The molecule has 26 heavy (non-hydrogen) atoms. The van der Waals surface area contributed by atoms with Gasteiger partial charge >= 0.3 is 0 Å². The molecule has 0 radical (unpaired) electrons. The lowest BCUT2D eigenvalue weighted by Gasteiger charge is -2.07. The maximum absolute atomic E-state index is 15.4. The standard InChI is InChI=1S/C19H13FN6/c1-10-6-8-21-9-12(10)11-4-5-13-15(16(11)20)17(26-25-13)19-23-14-3-2-7-22-18(14)24-19/h2-9H,1H3,(H,25,26)(H,22,23,24). The van der Waals surface area contributed by atoms with Crippen molar-refractivity contribution in [3.8, 4) is 22.6 Å². The van der Waals surface area contributed by atoms with Gasteiger partial charge in [-0.3, -0.25) is 10.1 Å². The van der Waals surface area contributed by atoms with Crippen molar-refractivity contribution >= 4 is 22.1 Å². The molecule has 0 unspecified atom stereocenters. The molecular formula is C19H13FN6. The van der Waals surface area contributed by atoms with Crippen LogP contribution in [0.1, 0.15) is 5.56 Å². The number of aromatic nitrogens is 6. The Morgan fingerprint density at radius 1 is 1.04 bits per heavy atom. The van der Waals surface area contributed by atoms with Crippen LogP contribution in [0.15, 0.2) is 48.9 Å². The van der Waals surface area contributed by atoms with Crippen LogP contribution in [0.3, 0.4) is 0 Å². The molecule has 0 spiro atoms. The largest absolute Gasteiger partial charge is 0.321 e. The molecule has 0 aliphatic heterocycles. The first-order valence-electron chi connectivity index (χ1n) is 8.11. The summed E-state index contributed by atoms with van der Waals surface area (Å²) in [5, 5.41) is 7.55. The van der Waals surface area contributed by atoms with E-state index in [1.807, 2.05) is 25.1 Å². The van der Waals surface area contributed by atoms with Gasteiger partial charge in [0.25, 0.3) is 0 Å². The van der Waals surface area contributed by atoms with E-state index in [0.717, 1.165) is 11.1 Å². The molecule has 0 amide bonds. The SMILES string of the molecule is Cc1ccncc1-c1ccc2[nH]nc(-c3nc4cccnc4[nH]3)c2c1F. The van der Waals surface area contributed by atoms with Crippen LogP contribution in [0.2, 0.25) is 0 Å². The Bertz CT molecular complexity index is 1240. The number of rotatable bonds is 2. The maximum Gasteiger partial charge on any atom is 0.161 e. The van der Waals surface area contributed by atoms with Gasteiger partial charge in [-0.2, -0.15) is 5.10 Å². The Kier molecular flexibility index (Phi) is 3.08. The van der Waals surface area contributed by atoms with Crippen molar-refractivity contribution in [1.29, 1.82) is 0 Å². The van der Waals surface area contributed by atoms with Gasteiger partial charge in [0.05, 0.1) is 10.9 Å². The highest BCUT2D eigenvalue weighted by Crippen LogP contribution is 2.34. The molecule has 0 saturated carbocycles. The van der Waals surface area contributed by atoms with Crippen LogP contribution in [-0.2, 0) is 0 Å². The third kappa shape index (κ3) is 2.10. The molecule has 0 saturated heterocycles. The molecule has 5 aromatic rings. The Balaban J connectivity index is 1.77. The van der Waals surface area contributed by atoms with E-state index < -0.39 is 0 Å². The highest BCUT2D eigenvalue weighted by atomic mass is 19.1. The lowest BCUT2D eigenvalue weighted by molar-refractivity contribution is 0.643. The third-order valence-electron chi connectivity index (χ3n) is 4.48. The van der Waals surface area contributed by atoms with E-state index in [1.54, 1.807) is 30.7 Å². The van der Waals surface area contributed by atoms with Crippen molar-refractivity contribution in [2.45, 2.75) is 6.92 Å². The summed E-state index contributed by atoms with van der Waals surface area (Å²) in [6.07, 6.45) is 5.04. The number of hydrogen-bond donors (Lipinski definition) is 2. The number of halogens is 1. The summed E-state index contributed by atoms with van der Waals surface area (Å²) in [4.78, 5) is 15.9. The molecule has 4 heterocycles. The zero-order valence-electron chi connectivity index (χ0n) is 13.8. The van der Waals surface area contributed by atoms with Gasteiger partial charge in [-0.1, -0.05) is 0 Å². The van der Waals surface area contributed by atoms with Crippen molar-refractivity contribution in [2.75, 3.05) is 0 Å². The summed E-state index contributed by atoms with van der Waals surface area (Å²) in [7, 11) is 0. The molecule has 2 N–H and O–H groups in total. The number of imidazole rings is 1. The first-order chi connectivity index (χ1) is 12.7. The zero-order chi connectivity index (χ0) is 17.7. The zero-order valence-corrected chi connectivity index (χ0v) is 13.8. The number of aryl methyl sites for hydroxylation is 1. The smallest absolute Gasteiger partial charge is 0.161 e. The molecule has 0 aliphatic rings. The van der Waals surface area contributed by atoms with Gasteiger partial charge < -0.3 is 4.98 Å². The maximum atomic E-state index is 15.4. The normalized spacial score (nSPS) is 11.5. The lowest BCUT2D eigenvalue weighted by Crippen LogP contribution is -1.91. The number of pyridine rings is 2. The summed E-state index contributed by atoms with van der Waals surface area (Å²) < 4.78 is 15.4. The van der Waals surface area contributed by atoms with Gasteiger partial charge in [-0.05, 0) is 42.8 Å². The van der Waals surface area contributed by atoms with Gasteiger partial charge in [-0.15, -0.1) is 0 Å². The Morgan fingerprint density at radius 2 is 1.96 bits per heavy atom. The fraction of sp³-hybridized carbons (Fsp3) is 0.0526. The number of hydrogen-bond acceptors (Lipinski definition) is 4. The van der Waals surface area contributed by atoms with E-state index in [2.05, 4.69) is 30.1 Å². The topological polar surface area (TPSA) is 83.1 Å². The first kappa shape index (κ1) is 14.7. The number of H-pyrrole nitrogens is 2. The van der Waals surface area contributed by atoms with Crippen LogP contribution in [-0.4, -0.2) is 30.1 Å². The van der Waals surface area contributed by atoms with Gasteiger partial charge in [0.2, 0.25) is 0 Å². The van der Waals surface area contributed by atoms with Gasteiger partial charge in [0, 0.05) is 29.7 Å². The molecule has 0 atom stereocenters. The molecule has 0 aliphatic carbocycles. The van der Waals surface area contributed by atoms with Gasteiger partial charge in [0.15, 0.2) is 11.5 Å². The second-order valence-electron chi connectivity index (χ2n) is 6.07. The fourth-order valence-electron chi connectivity index (χ4n) is 3.15. The molecule has 7 heteroatoms. The number of benzene rings is 1. The summed E-state index contributed by atoms with van der Waals surface area (Å²) >= 11 is 0. The van der Waals surface area contributed by atoms with Crippen LogP contribution >= 0.6 is 0 Å². The second-order valence-corrected chi connectivity index (χ2v) is 6.07. The summed E-state index contributed by atoms with van der Waals surface area (Å²) in [6, 6.07) is 9.07. The van der Waals surface area contributed by atoms with E-state index >= 15 is 4.39 Å². The molecule has 126 valence electrons. The molecule has 5 rings (SSSR count). The highest BCUT2D eigenvalue weighted by molar-refractivity contribution is 5.96. The number of nitrogens with zero attached hydrogens (tertiary/aromatic N) is 4. The van der Waals surface area contributed by atoms with Crippen molar-refractivity contribution in [2.24, 2.45) is 0 Å². The number of aromatic amines is 2. The van der Waals surface area contributed by atoms with Crippen LogP contribution < -0.4 is 0 Å². The lowest BCUT2D eigenvalue weighted by atomic mass is 10.00. The van der Waals surface area contributed by atoms with Gasteiger partial charge in [-0.25, -0.2) is 14.4 Å². The predicted octanol–water partition coefficient (Wildman–Crippen LogP) is 4.01. The van der Waals surface area contributed by atoms with Crippen LogP contribution in [0, 0.1) is 12.7 Å². The molecule has 1 aromatic carbocycles. The summed E-state index contributed by atoms with van der Waals surface area (Å²) in [5.74, 6) is 0.125. The van der Waals surface area contributed by atoms with Crippen molar-refractivity contribution in [3.05, 3.63) is 60.3 Å². The predicted molar refractivity (Wildman–Crippen MR) is 96.9 cm³/mol. The molecule has 4 aromatic heterocycles. The van der Waals surface area contributed by atoms with E-state index in [9.17, 15) is 0 Å². The summed E-state index contributed by atoms with van der Waals surface area (Å²) in [5.41, 5.74) is 4.58. The average Bonchev–Trinajstić information content (AvgIpc) is 3.27. The number of nitrogens with one attached hydrogen (secondary N) is 2. The van der Waals surface area contributed by atoms with Gasteiger partial charge in [0.1, 0.15) is 17.0 Å². The van der Waals surface area contributed by atoms with E-state index in [4.69, 9.17) is 0 Å². The molecule has 6 nitrogen and oxygen atoms in total. The Hall–Kier alpha value is -3.61. The van der Waals surface area contributed by atoms with Crippen LogP contribution in [0.5, 0.6) is 0 Å². The first-order valence-corrected chi connectivity index (χ1v) is 8.11. The quantitative estimate of drug-likeness (QED) is 0.507. The van der Waals surface area contributed by atoms with Crippen LogP contribution in [0.4, 0.5) is 4.39 Å². The average molecular weight is 344 g/mol. The minimum Gasteiger partial charge on any atom is -0.321 e.